The highest BCUT2D eigenvalue weighted by Gasteiger charge is 2.34. The summed E-state index contributed by atoms with van der Waals surface area (Å²) >= 11 is 0. The average Bonchev–Trinajstić information content (AvgIpc) is 3.31. The molecule has 1 aromatic heterocycles. The average molecular weight is 565 g/mol. The maximum Gasteiger partial charge on any atom is 0.0630 e. The van der Waals surface area contributed by atoms with E-state index in [0.717, 1.165) is 33.9 Å². The van der Waals surface area contributed by atoms with Crippen LogP contribution in [0.3, 0.4) is 0 Å². The minimum atomic E-state index is -0.0255. The minimum Gasteiger partial charge on any atom is -0.311 e. The van der Waals surface area contributed by atoms with Crippen molar-refractivity contribution in [1.29, 1.82) is 0 Å². The lowest BCUT2D eigenvalue weighted by molar-refractivity contribution is 0.663. The molecule has 210 valence electrons. The molecule has 2 nitrogen and oxygen atoms in total. The second-order valence-corrected chi connectivity index (χ2v) is 12.1. The molecule has 0 radical (unpaired) electrons. The number of hydrogen-bond donors (Lipinski definition) is 0. The van der Waals surface area contributed by atoms with Gasteiger partial charge in [-0.05, 0) is 104 Å². The summed E-state index contributed by atoms with van der Waals surface area (Å²) in [5.41, 5.74) is 10.6. The molecule has 1 heterocycles. The van der Waals surface area contributed by atoms with E-state index in [1.807, 2.05) is 6.20 Å². The summed E-state index contributed by atoms with van der Waals surface area (Å²) in [5.74, 6) is 0. The van der Waals surface area contributed by atoms with E-state index in [0.29, 0.717) is 0 Å². The highest BCUT2D eigenvalue weighted by Crippen LogP contribution is 2.49. The summed E-state index contributed by atoms with van der Waals surface area (Å²) in [6, 6.07) is 49.9. The third-order valence-corrected chi connectivity index (χ3v) is 9.05. The Morgan fingerprint density at radius 2 is 1.18 bits per heavy atom. The van der Waals surface area contributed by atoms with E-state index < -0.39 is 0 Å². The Balaban J connectivity index is 1.05. The van der Waals surface area contributed by atoms with Crippen LogP contribution in [-0.4, -0.2) is 4.98 Å². The number of anilines is 3. The fraction of sp³-hybridized carbons (Fsp3) is 0.0714. The van der Waals surface area contributed by atoms with Crippen molar-refractivity contribution in [3.05, 3.63) is 168 Å². The second kappa shape index (κ2) is 10.4. The Kier molecular flexibility index (Phi) is 6.16. The number of nitrogens with zero attached hydrogens (tertiary/aromatic N) is 2. The lowest BCUT2D eigenvalue weighted by Gasteiger charge is -2.25. The molecule has 0 spiro atoms. The van der Waals surface area contributed by atoms with Crippen molar-refractivity contribution in [3.8, 4) is 11.1 Å². The van der Waals surface area contributed by atoms with Gasteiger partial charge in [0.1, 0.15) is 0 Å². The summed E-state index contributed by atoms with van der Waals surface area (Å²) in [6.07, 6.45) is 6.21. The molecule has 0 bridgehead atoms. The lowest BCUT2D eigenvalue weighted by Crippen LogP contribution is -2.15. The van der Waals surface area contributed by atoms with Gasteiger partial charge in [0.15, 0.2) is 0 Å². The Hall–Kier alpha value is -5.47. The molecule has 6 aromatic carbocycles. The van der Waals surface area contributed by atoms with E-state index in [2.05, 4.69) is 170 Å². The Morgan fingerprint density at radius 1 is 0.523 bits per heavy atom. The summed E-state index contributed by atoms with van der Waals surface area (Å²) in [5, 5.41) is 5.44. The number of aromatic nitrogens is 1. The normalized spacial score (nSPS) is 13.3. The van der Waals surface area contributed by atoms with E-state index in [-0.39, 0.29) is 5.41 Å². The van der Waals surface area contributed by atoms with Crippen molar-refractivity contribution in [2.75, 3.05) is 4.90 Å². The van der Waals surface area contributed by atoms with Crippen molar-refractivity contribution in [3.63, 3.8) is 0 Å². The molecule has 1 aliphatic rings. The number of para-hydroxylation sites is 2. The van der Waals surface area contributed by atoms with Crippen molar-refractivity contribution < 1.29 is 0 Å². The van der Waals surface area contributed by atoms with E-state index >= 15 is 0 Å². The van der Waals surface area contributed by atoms with Crippen LogP contribution in [0.4, 0.5) is 17.1 Å². The van der Waals surface area contributed by atoms with Gasteiger partial charge in [-0.2, -0.15) is 0 Å². The molecule has 0 atom stereocenters. The van der Waals surface area contributed by atoms with Crippen molar-refractivity contribution in [1.82, 2.24) is 4.98 Å². The number of hydrogen-bond acceptors (Lipinski definition) is 2. The fourth-order valence-corrected chi connectivity index (χ4v) is 6.76. The van der Waals surface area contributed by atoms with Crippen LogP contribution >= 0.6 is 0 Å². The zero-order chi connectivity index (χ0) is 29.7. The smallest absolute Gasteiger partial charge is 0.0630 e. The molecule has 0 N–H and O–H groups in total. The van der Waals surface area contributed by atoms with Crippen molar-refractivity contribution >= 4 is 50.8 Å². The van der Waals surface area contributed by atoms with Crippen LogP contribution in [0.25, 0.3) is 44.8 Å². The molecule has 7 aromatic rings. The summed E-state index contributed by atoms with van der Waals surface area (Å²) < 4.78 is 0. The van der Waals surface area contributed by atoms with Crippen LogP contribution in [0.2, 0.25) is 0 Å². The van der Waals surface area contributed by atoms with E-state index in [1.165, 1.54) is 38.2 Å². The van der Waals surface area contributed by atoms with E-state index in [4.69, 9.17) is 4.98 Å². The SMILES string of the molecule is CC1(C)c2cccc3ccc4cc(-c5ccc(/C=C/c6ccc(N(c7ccccc7)c7ccccc7)cc6)nc5)cc1c4c23. The summed E-state index contributed by atoms with van der Waals surface area (Å²) in [6.45, 7) is 4.69. The van der Waals surface area contributed by atoms with Gasteiger partial charge in [-0.1, -0.05) is 105 Å². The molecule has 0 saturated heterocycles. The highest BCUT2D eigenvalue weighted by atomic mass is 15.1. The van der Waals surface area contributed by atoms with Gasteiger partial charge in [0.2, 0.25) is 0 Å². The molecule has 2 heteroatoms. The van der Waals surface area contributed by atoms with Gasteiger partial charge < -0.3 is 4.90 Å². The third-order valence-electron chi connectivity index (χ3n) is 9.05. The molecular formula is C42H32N2. The highest BCUT2D eigenvalue weighted by molar-refractivity contribution is 6.15. The fourth-order valence-electron chi connectivity index (χ4n) is 6.76. The summed E-state index contributed by atoms with van der Waals surface area (Å²) in [7, 11) is 0. The molecule has 0 fully saturated rings. The zero-order valence-electron chi connectivity index (χ0n) is 24.9. The molecule has 8 rings (SSSR count). The topological polar surface area (TPSA) is 16.1 Å². The third kappa shape index (κ3) is 4.39. The Bertz CT molecular complexity index is 2120. The predicted molar refractivity (Wildman–Crippen MR) is 187 cm³/mol. The molecular weight excluding hydrogens is 532 g/mol. The molecule has 0 unspecified atom stereocenters. The van der Waals surface area contributed by atoms with Gasteiger partial charge in [-0.15, -0.1) is 0 Å². The second-order valence-electron chi connectivity index (χ2n) is 12.1. The zero-order valence-corrected chi connectivity index (χ0v) is 24.9. The van der Waals surface area contributed by atoms with Crippen LogP contribution < -0.4 is 4.90 Å². The van der Waals surface area contributed by atoms with Crippen LogP contribution in [0.15, 0.2) is 146 Å². The van der Waals surface area contributed by atoms with Gasteiger partial charge in [0.05, 0.1) is 5.69 Å². The van der Waals surface area contributed by atoms with Crippen molar-refractivity contribution in [2.45, 2.75) is 19.3 Å². The van der Waals surface area contributed by atoms with Crippen LogP contribution in [0, 0.1) is 0 Å². The largest absolute Gasteiger partial charge is 0.311 e. The molecule has 0 saturated carbocycles. The molecule has 44 heavy (non-hydrogen) atoms. The van der Waals surface area contributed by atoms with Crippen LogP contribution in [0.1, 0.15) is 36.2 Å². The number of pyridine rings is 1. The van der Waals surface area contributed by atoms with Gasteiger partial charge in [0.25, 0.3) is 0 Å². The number of benzene rings is 6. The molecule has 0 amide bonds. The molecule has 0 aliphatic heterocycles. The predicted octanol–water partition coefficient (Wildman–Crippen LogP) is 11.3. The first-order valence-electron chi connectivity index (χ1n) is 15.2. The Labute approximate surface area is 258 Å². The van der Waals surface area contributed by atoms with Crippen LogP contribution in [-0.2, 0) is 5.41 Å². The van der Waals surface area contributed by atoms with E-state index in [9.17, 15) is 0 Å². The Morgan fingerprint density at radius 3 is 1.86 bits per heavy atom. The summed E-state index contributed by atoms with van der Waals surface area (Å²) in [4.78, 5) is 7.09. The monoisotopic (exact) mass is 564 g/mol. The van der Waals surface area contributed by atoms with Gasteiger partial charge in [-0.25, -0.2) is 0 Å². The maximum atomic E-state index is 4.82. The lowest BCUT2D eigenvalue weighted by atomic mass is 9.81. The first kappa shape index (κ1) is 26.2. The standard InChI is InChI=1S/C42H32N2/c1-42(2)38-15-9-10-30-19-20-31-26-33(27-39(42)41(31)40(30)38)32-21-23-34(43-28-32)22-16-29-17-24-37(25-18-29)44(35-11-5-3-6-12-35)36-13-7-4-8-14-36/h3-28H,1-2H3/b22-16+. The van der Waals surface area contributed by atoms with Gasteiger partial charge >= 0.3 is 0 Å². The van der Waals surface area contributed by atoms with E-state index in [1.54, 1.807) is 0 Å². The maximum absolute atomic E-state index is 4.82. The van der Waals surface area contributed by atoms with Gasteiger partial charge in [0, 0.05) is 34.2 Å². The molecule has 1 aliphatic carbocycles. The van der Waals surface area contributed by atoms with Crippen LogP contribution in [0.5, 0.6) is 0 Å². The quantitative estimate of drug-likeness (QED) is 0.187. The first-order valence-corrected chi connectivity index (χ1v) is 15.2. The van der Waals surface area contributed by atoms with Crippen molar-refractivity contribution in [2.24, 2.45) is 0 Å². The van der Waals surface area contributed by atoms with Gasteiger partial charge in [-0.3, -0.25) is 4.98 Å². The number of rotatable bonds is 6. The minimum absolute atomic E-state index is 0.0255. The first-order chi connectivity index (χ1) is 21.6.